The first-order valence-electron chi connectivity index (χ1n) is 6.92. The zero-order valence-corrected chi connectivity index (χ0v) is 12.4. The van der Waals surface area contributed by atoms with Crippen molar-refractivity contribution < 1.29 is 4.39 Å². The molecule has 0 atom stereocenters. The highest BCUT2D eigenvalue weighted by atomic mass is 19.1. The van der Waals surface area contributed by atoms with Crippen molar-refractivity contribution in [3.05, 3.63) is 41.0 Å². The lowest BCUT2D eigenvalue weighted by Gasteiger charge is -2.07. The standard InChI is InChI=1S/C15H18FN5/c1-4-12-10(7-20(3)19-12)8-21-14-5-9(2)11(16)6-13(14)18-15(21)17/h5-7H,4,8H2,1-3H3,(H2,17,18). The fourth-order valence-corrected chi connectivity index (χ4v) is 2.62. The number of nitrogen functional groups attached to an aromatic ring is 1. The van der Waals surface area contributed by atoms with Gasteiger partial charge in [0.05, 0.1) is 23.3 Å². The zero-order chi connectivity index (χ0) is 15.1. The van der Waals surface area contributed by atoms with E-state index in [1.54, 1.807) is 17.7 Å². The lowest BCUT2D eigenvalue weighted by molar-refractivity contribution is 0.620. The number of halogens is 1. The highest BCUT2D eigenvalue weighted by Crippen LogP contribution is 2.23. The molecule has 21 heavy (non-hydrogen) atoms. The second-order valence-electron chi connectivity index (χ2n) is 5.27. The Kier molecular flexibility index (Phi) is 3.16. The van der Waals surface area contributed by atoms with Gasteiger partial charge in [0.15, 0.2) is 0 Å². The number of imidazole rings is 1. The summed E-state index contributed by atoms with van der Waals surface area (Å²) in [7, 11) is 1.90. The molecule has 1 aromatic carbocycles. The van der Waals surface area contributed by atoms with Gasteiger partial charge in [-0.15, -0.1) is 0 Å². The van der Waals surface area contributed by atoms with Gasteiger partial charge in [0.1, 0.15) is 5.82 Å². The normalized spacial score (nSPS) is 11.4. The molecule has 0 aliphatic heterocycles. The SMILES string of the molecule is CCc1nn(C)cc1Cn1c(N)nc2cc(F)c(C)cc21. The van der Waals surface area contributed by atoms with Crippen LogP contribution in [-0.2, 0) is 20.0 Å². The van der Waals surface area contributed by atoms with Crippen LogP contribution in [0.3, 0.4) is 0 Å². The van der Waals surface area contributed by atoms with Gasteiger partial charge < -0.3 is 10.3 Å². The van der Waals surface area contributed by atoms with E-state index in [1.807, 2.05) is 17.8 Å². The van der Waals surface area contributed by atoms with Gasteiger partial charge in [-0.25, -0.2) is 9.37 Å². The third-order valence-electron chi connectivity index (χ3n) is 3.71. The molecule has 2 aromatic heterocycles. The molecular formula is C15H18FN5. The highest BCUT2D eigenvalue weighted by Gasteiger charge is 2.14. The van der Waals surface area contributed by atoms with E-state index in [9.17, 15) is 4.39 Å². The molecule has 110 valence electrons. The minimum Gasteiger partial charge on any atom is -0.369 e. The van der Waals surface area contributed by atoms with Crippen LogP contribution in [0.2, 0.25) is 0 Å². The van der Waals surface area contributed by atoms with Gasteiger partial charge >= 0.3 is 0 Å². The first kappa shape index (κ1) is 13.6. The molecule has 0 saturated carbocycles. The smallest absolute Gasteiger partial charge is 0.201 e. The monoisotopic (exact) mass is 287 g/mol. The van der Waals surface area contributed by atoms with E-state index < -0.39 is 0 Å². The number of nitrogens with two attached hydrogens (primary N) is 1. The largest absolute Gasteiger partial charge is 0.369 e. The third-order valence-corrected chi connectivity index (χ3v) is 3.71. The van der Waals surface area contributed by atoms with Crippen LogP contribution < -0.4 is 5.73 Å². The molecule has 3 aromatic rings. The number of anilines is 1. The van der Waals surface area contributed by atoms with Crippen LogP contribution in [0.4, 0.5) is 10.3 Å². The van der Waals surface area contributed by atoms with Crippen molar-refractivity contribution in [1.82, 2.24) is 19.3 Å². The molecule has 2 heterocycles. The summed E-state index contributed by atoms with van der Waals surface area (Å²) >= 11 is 0. The van der Waals surface area contributed by atoms with E-state index in [1.165, 1.54) is 6.07 Å². The van der Waals surface area contributed by atoms with Crippen molar-refractivity contribution in [2.24, 2.45) is 7.05 Å². The summed E-state index contributed by atoms with van der Waals surface area (Å²) in [5, 5.41) is 4.43. The molecule has 3 rings (SSSR count). The number of benzene rings is 1. The second kappa shape index (κ2) is 4.87. The van der Waals surface area contributed by atoms with Crippen LogP contribution in [0.25, 0.3) is 11.0 Å². The highest BCUT2D eigenvalue weighted by molar-refractivity contribution is 5.79. The lowest BCUT2D eigenvalue weighted by atomic mass is 10.2. The van der Waals surface area contributed by atoms with E-state index in [0.717, 1.165) is 23.2 Å². The van der Waals surface area contributed by atoms with Gasteiger partial charge in [-0.2, -0.15) is 5.10 Å². The molecule has 0 aliphatic rings. The number of fused-ring (bicyclic) bond motifs is 1. The van der Waals surface area contributed by atoms with E-state index in [4.69, 9.17) is 5.73 Å². The molecule has 5 nitrogen and oxygen atoms in total. The first-order chi connectivity index (χ1) is 9.99. The minimum absolute atomic E-state index is 0.261. The predicted octanol–water partition coefficient (Wildman–Crippen LogP) is 2.41. The molecule has 0 aliphatic carbocycles. The van der Waals surface area contributed by atoms with Crippen molar-refractivity contribution >= 4 is 17.0 Å². The van der Waals surface area contributed by atoms with Gasteiger partial charge in [0.2, 0.25) is 5.95 Å². The third kappa shape index (κ3) is 2.26. The molecule has 2 N–H and O–H groups in total. The van der Waals surface area contributed by atoms with Gasteiger partial charge in [-0.1, -0.05) is 6.92 Å². The van der Waals surface area contributed by atoms with Crippen LogP contribution >= 0.6 is 0 Å². The lowest BCUT2D eigenvalue weighted by Crippen LogP contribution is -2.05. The van der Waals surface area contributed by atoms with Crippen molar-refractivity contribution in [2.75, 3.05) is 5.73 Å². The van der Waals surface area contributed by atoms with E-state index in [2.05, 4.69) is 17.0 Å². The number of rotatable bonds is 3. The predicted molar refractivity (Wildman–Crippen MR) is 80.5 cm³/mol. The Hall–Kier alpha value is -2.37. The molecule has 0 unspecified atom stereocenters. The van der Waals surface area contributed by atoms with Crippen molar-refractivity contribution in [3.8, 4) is 0 Å². The zero-order valence-electron chi connectivity index (χ0n) is 12.4. The number of aryl methyl sites for hydroxylation is 3. The van der Waals surface area contributed by atoms with Crippen molar-refractivity contribution in [1.29, 1.82) is 0 Å². The van der Waals surface area contributed by atoms with Gasteiger partial charge in [-0.3, -0.25) is 4.68 Å². The Morgan fingerprint density at radius 1 is 1.33 bits per heavy atom. The maximum Gasteiger partial charge on any atom is 0.201 e. The summed E-state index contributed by atoms with van der Waals surface area (Å²) in [6, 6.07) is 3.22. The Morgan fingerprint density at radius 3 is 2.81 bits per heavy atom. The number of hydrogen-bond acceptors (Lipinski definition) is 3. The van der Waals surface area contributed by atoms with Gasteiger partial charge in [0.25, 0.3) is 0 Å². The quantitative estimate of drug-likeness (QED) is 0.804. The van der Waals surface area contributed by atoms with E-state index in [-0.39, 0.29) is 5.82 Å². The molecule has 0 bridgehead atoms. The summed E-state index contributed by atoms with van der Waals surface area (Å²) in [5.74, 6) is 0.128. The summed E-state index contributed by atoms with van der Waals surface area (Å²) in [6.45, 7) is 4.40. The van der Waals surface area contributed by atoms with Crippen LogP contribution in [0.1, 0.15) is 23.7 Å². The summed E-state index contributed by atoms with van der Waals surface area (Å²) in [5.41, 5.74) is 10.2. The fraction of sp³-hybridized carbons (Fsp3) is 0.333. The average Bonchev–Trinajstić information content (AvgIpc) is 2.93. The molecule has 0 radical (unpaired) electrons. The topological polar surface area (TPSA) is 61.7 Å². The maximum absolute atomic E-state index is 13.6. The summed E-state index contributed by atoms with van der Waals surface area (Å²) in [4.78, 5) is 4.25. The van der Waals surface area contributed by atoms with Gasteiger partial charge in [-0.05, 0) is 25.0 Å². The summed E-state index contributed by atoms with van der Waals surface area (Å²) < 4.78 is 17.3. The number of hydrogen-bond donors (Lipinski definition) is 1. The van der Waals surface area contributed by atoms with Crippen molar-refractivity contribution in [3.63, 3.8) is 0 Å². The Labute approximate surface area is 122 Å². The van der Waals surface area contributed by atoms with Crippen LogP contribution in [-0.4, -0.2) is 19.3 Å². The number of aromatic nitrogens is 4. The molecule has 0 saturated heterocycles. The molecule has 6 heteroatoms. The average molecular weight is 287 g/mol. The molecular weight excluding hydrogens is 269 g/mol. The van der Waals surface area contributed by atoms with E-state index >= 15 is 0 Å². The first-order valence-corrected chi connectivity index (χ1v) is 6.92. The van der Waals surface area contributed by atoms with Crippen molar-refractivity contribution in [2.45, 2.75) is 26.8 Å². The van der Waals surface area contributed by atoms with Gasteiger partial charge in [0, 0.05) is 24.9 Å². The summed E-state index contributed by atoms with van der Waals surface area (Å²) in [6.07, 6.45) is 2.84. The van der Waals surface area contributed by atoms with Crippen LogP contribution in [0.5, 0.6) is 0 Å². The Balaban J connectivity index is 2.11. The Bertz CT molecular complexity index is 815. The molecule has 0 amide bonds. The molecule has 0 fully saturated rings. The maximum atomic E-state index is 13.6. The Morgan fingerprint density at radius 2 is 2.10 bits per heavy atom. The second-order valence-corrected chi connectivity index (χ2v) is 5.27. The van der Waals surface area contributed by atoms with E-state index in [0.29, 0.717) is 23.6 Å². The fourth-order valence-electron chi connectivity index (χ4n) is 2.62. The van der Waals surface area contributed by atoms with Crippen LogP contribution in [0, 0.1) is 12.7 Å². The number of nitrogens with zero attached hydrogens (tertiary/aromatic N) is 4. The van der Waals surface area contributed by atoms with Crippen LogP contribution in [0.15, 0.2) is 18.3 Å². The molecule has 0 spiro atoms. The minimum atomic E-state index is -0.261.